The van der Waals surface area contributed by atoms with Gasteiger partial charge in [-0.2, -0.15) is 0 Å². The average molecular weight is 361 g/mol. The summed E-state index contributed by atoms with van der Waals surface area (Å²) < 4.78 is 1.16. The number of amides is 2. The third kappa shape index (κ3) is 4.50. The van der Waals surface area contributed by atoms with Crippen molar-refractivity contribution in [2.75, 3.05) is 7.05 Å². The summed E-state index contributed by atoms with van der Waals surface area (Å²) in [6.07, 6.45) is 1.86. The largest absolute Gasteiger partial charge is 0.335 e. The van der Waals surface area contributed by atoms with E-state index in [9.17, 15) is 4.79 Å². The van der Waals surface area contributed by atoms with E-state index in [0.29, 0.717) is 6.54 Å². The van der Waals surface area contributed by atoms with Crippen LogP contribution in [0.4, 0.5) is 4.79 Å². The third-order valence-corrected chi connectivity index (χ3v) is 5.60. The quantitative estimate of drug-likeness (QED) is 0.876. The number of fused-ring (bicyclic) bond motifs is 1. The summed E-state index contributed by atoms with van der Waals surface area (Å²) in [6, 6.07) is 8.23. The molecule has 2 amide bonds. The van der Waals surface area contributed by atoms with Crippen molar-refractivity contribution in [1.29, 1.82) is 0 Å². The van der Waals surface area contributed by atoms with Gasteiger partial charge in [0.05, 0.1) is 16.8 Å². The molecule has 0 unspecified atom stereocenters. The minimum absolute atomic E-state index is 0.0191. The number of rotatable bonds is 3. The molecule has 25 heavy (non-hydrogen) atoms. The van der Waals surface area contributed by atoms with E-state index in [2.05, 4.69) is 49.4 Å². The Morgan fingerprint density at radius 3 is 2.56 bits per heavy atom. The van der Waals surface area contributed by atoms with E-state index in [1.807, 2.05) is 25.2 Å². The van der Waals surface area contributed by atoms with E-state index < -0.39 is 0 Å². The van der Waals surface area contributed by atoms with Crippen LogP contribution in [-0.2, 0) is 6.54 Å². The van der Waals surface area contributed by atoms with Gasteiger partial charge >= 0.3 is 6.03 Å². The number of piperidine rings is 1. The lowest BCUT2D eigenvalue weighted by Gasteiger charge is -2.46. The molecule has 1 aromatic carbocycles. The van der Waals surface area contributed by atoms with Crippen LogP contribution in [0.2, 0.25) is 0 Å². The Morgan fingerprint density at radius 1 is 1.28 bits per heavy atom. The van der Waals surface area contributed by atoms with Gasteiger partial charge in [-0.25, -0.2) is 9.78 Å². The molecule has 5 nitrogen and oxygen atoms in total. The third-order valence-electron chi connectivity index (χ3n) is 4.58. The van der Waals surface area contributed by atoms with Crippen LogP contribution in [0.5, 0.6) is 0 Å². The Hall–Kier alpha value is -1.66. The van der Waals surface area contributed by atoms with Crippen molar-refractivity contribution in [1.82, 2.24) is 20.5 Å². The van der Waals surface area contributed by atoms with Crippen LogP contribution < -0.4 is 10.6 Å². The topological polar surface area (TPSA) is 57.3 Å². The molecule has 1 saturated heterocycles. The molecule has 6 heteroatoms. The molecule has 1 aromatic heterocycles. The van der Waals surface area contributed by atoms with Crippen LogP contribution >= 0.6 is 11.3 Å². The van der Waals surface area contributed by atoms with Gasteiger partial charge in [0.25, 0.3) is 0 Å². The number of benzene rings is 1. The first-order chi connectivity index (χ1) is 11.6. The standard InChI is InChI=1S/C19H28N4OS/c1-18(2)10-13(11-19(3,4)22-18)20-17(24)23(5)12-16-21-14-8-6-7-9-15(14)25-16/h6-9,13,22H,10-12H2,1-5H3,(H,20,24). The Balaban J connectivity index is 1.62. The zero-order chi connectivity index (χ0) is 18.2. The Labute approximate surface area is 153 Å². The van der Waals surface area contributed by atoms with E-state index in [0.717, 1.165) is 28.1 Å². The molecule has 0 bridgehead atoms. The Bertz CT molecular complexity index is 719. The van der Waals surface area contributed by atoms with Gasteiger partial charge in [-0.05, 0) is 52.7 Å². The second-order valence-corrected chi connectivity index (χ2v) is 9.49. The van der Waals surface area contributed by atoms with Crippen molar-refractivity contribution < 1.29 is 4.79 Å². The summed E-state index contributed by atoms with van der Waals surface area (Å²) in [7, 11) is 1.83. The van der Waals surface area contributed by atoms with Crippen LogP contribution in [-0.4, -0.2) is 40.1 Å². The lowest BCUT2D eigenvalue weighted by molar-refractivity contribution is 0.140. The lowest BCUT2D eigenvalue weighted by atomic mass is 9.80. The molecule has 0 saturated carbocycles. The van der Waals surface area contributed by atoms with E-state index in [-0.39, 0.29) is 23.2 Å². The summed E-state index contributed by atoms with van der Waals surface area (Å²) in [5, 5.41) is 7.82. The number of hydrogen-bond donors (Lipinski definition) is 2. The molecule has 0 spiro atoms. The minimum atomic E-state index is -0.0299. The van der Waals surface area contributed by atoms with Crippen LogP contribution in [0, 0.1) is 0 Å². The van der Waals surface area contributed by atoms with E-state index in [1.165, 1.54) is 0 Å². The second-order valence-electron chi connectivity index (χ2n) is 8.38. The molecule has 0 atom stereocenters. The molecule has 1 aliphatic heterocycles. The van der Waals surface area contributed by atoms with Crippen molar-refractivity contribution in [3.8, 4) is 0 Å². The average Bonchev–Trinajstić information content (AvgIpc) is 2.85. The molecule has 0 radical (unpaired) electrons. The van der Waals surface area contributed by atoms with Crippen LogP contribution in [0.3, 0.4) is 0 Å². The lowest BCUT2D eigenvalue weighted by Crippen LogP contribution is -2.62. The number of carbonyl (C=O) groups is 1. The van der Waals surface area contributed by atoms with E-state index in [4.69, 9.17) is 0 Å². The van der Waals surface area contributed by atoms with Gasteiger partial charge in [0.1, 0.15) is 5.01 Å². The molecule has 1 aliphatic rings. The molecular weight excluding hydrogens is 332 g/mol. The molecular formula is C19H28N4OS. The van der Waals surface area contributed by atoms with Gasteiger partial charge in [0.15, 0.2) is 0 Å². The highest BCUT2D eigenvalue weighted by Gasteiger charge is 2.38. The molecule has 1 fully saturated rings. The van der Waals surface area contributed by atoms with Crippen LogP contribution in [0.25, 0.3) is 10.2 Å². The number of hydrogen-bond acceptors (Lipinski definition) is 4. The van der Waals surface area contributed by atoms with Crippen molar-refractivity contribution in [2.24, 2.45) is 0 Å². The minimum Gasteiger partial charge on any atom is -0.335 e. The predicted molar refractivity (Wildman–Crippen MR) is 104 cm³/mol. The maximum absolute atomic E-state index is 12.6. The highest BCUT2D eigenvalue weighted by atomic mass is 32.1. The molecule has 2 aromatic rings. The van der Waals surface area contributed by atoms with Crippen molar-refractivity contribution in [3.63, 3.8) is 0 Å². The van der Waals surface area contributed by atoms with Gasteiger partial charge in [-0.1, -0.05) is 12.1 Å². The second kappa shape index (κ2) is 6.57. The summed E-state index contributed by atoms with van der Waals surface area (Å²) >= 11 is 1.65. The summed E-state index contributed by atoms with van der Waals surface area (Å²) in [5.74, 6) is 0. The molecule has 0 aliphatic carbocycles. The molecule has 3 rings (SSSR count). The fourth-order valence-corrected chi connectivity index (χ4v) is 4.99. The molecule has 2 heterocycles. The first kappa shape index (κ1) is 18.1. The SMILES string of the molecule is CN(Cc1nc2ccccc2s1)C(=O)NC1CC(C)(C)NC(C)(C)C1. The molecule has 136 valence electrons. The smallest absolute Gasteiger partial charge is 0.317 e. The summed E-state index contributed by atoms with van der Waals surface area (Å²) in [4.78, 5) is 19.0. The Morgan fingerprint density at radius 2 is 1.92 bits per heavy atom. The first-order valence-electron chi connectivity index (χ1n) is 8.79. The maximum atomic E-state index is 12.6. The van der Waals surface area contributed by atoms with Crippen molar-refractivity contribution >= 4 is 27.6 Å². The van der Waals surface area contributed by atoms with Gasteiger partial charge in [-0.3, -0.25) is 0 Å². The van der Waals surface area contributed by atoms with Crippen LogP contribution in [0.1, 0.15) is 45.5 Å². The first-order valence-corrected chi connectivity index (χ1v) is 9.61. The van der Waals surface area contributed by atoms with Gasteiger partial charge in [-0.15, -0.1) is 11.3 Å². The predicted octanol–water partition coefficient (Wildman–Crippen LogP) is 3.75. The number of aromatic nitrogens is 1. The number of nitrogens with one attached hydrogen (secondary N) is 2. The van der Waals surface area contributed by atoms with E-state index in [1.54, 1.807) is 16.2 Å². The van der Waals surface area contributed by atoms with Crippen molar-refractivity contribution in [2.45, 2.75) is 64.2 Å². The number of carbonyl (C=O) groups excluding carboxylic acids is 1. The number of nitrogens with zero attached hydrogens (tertiary/aromatic N) is 2. The fourth-order valence-electron chi connectivity index (χ4n) is 3.97. The fraction of sp³-hybridized carbons (Fsp3) is 0.579. The zero-order valence-corrected chi connectivity index (χ0v) is 16.5. The normalized spacial score (nSPS) is 19.7. The van der Waals surface area contributed by atoms with Gasteiger partial charge in [0, 0.05) is 24.2 Å². The van der Waals surface area contributed by atoms with E-state index >= 15 is 0 Å². The van der Waals surface area contributed by atoms with Gasteiger partial charge < -0.3 is 15.5 Å². The number of thiazole rings is 1. The highest BCUT2D eigenvalue weighted by Crippen LogP contribution is 2.28. The number of urea groups is 1. The monoisotopic (exact) mass is 360 g/mol. The summed E-state index contributed by atoms with van der Waals surface area (Å²) in [6.45, 7) is 9.30. The van der Waals surface area contributed by atoms with Gasteiger partial charge in [0.2, 0.25) is 0 Å². The maximum Gasteiger partial charge on any atom is 0.317 e. The molecule has 2 N–H and O–H groups in total. The highest BCUT2D eigenvalue weighted by molar-refractivity contribution is 7.18. The summed E-state index contributed by atoms with van der Waals surface area (Å²) in [5.41, 5.74) is 1.04. The zero-order valence-electron chi connectivity index (χ0n) is 15.7. The van der Waals surface area contributed by atoms with Crippen molar-refractivity contribution in [3.05, 3.63) is 29.3 Å². The Kier molecular flexibility index (Phi) is 4.77. The van der Waals surface area contributed by atoms with Crippen LogP contribution in [0.15, 0.2) is 24.3 Å². The number of para-hydroxylation sites is 1.